The van der Waals surface area contributed by atoms with Gasteiger partial charge in [-0.05, 0) is 5.41 Å². The molecule has 0 saturated carbocycles. The Bertz CT molecular complexity index is 220. The SMILES string of the molecule is CC(C)(C)CC(=O)OC(CI)C(Cl)(Cl)Cl. The summed E-state index contributed by atoms with van der Waals surface area (Å²) < 4.78 is 3.99. The largest absolute Gasteiger partial charge is 0.457 e. The van der Waals surface area contributed by atoms with Crippen molar-refractivity contribution in [2.45, 2.75) is 37.1 Å². The number of rotatable bonds is 3. The number of halogens is 4. The first-order valence-electron chi connectivity index (χ1n) is 4.38. The van der Waals surface area contributed by atoms with Crippen LogP contribution in [-0.4, -0.2) is 20.3 Å². The molecule has 0 fully saturated rings. The number of carbonyl (C=O) groups is 1. The molecule has 1 atom stereocenters. The van der Waals surface area contributed by atoms with Gasteiger partial charge in [-0.25, -0.2) is 0 Å². The lowest BCUT2D eigenvalue weighted by molar-refractivity contribution is -0.149. The highest BCUT2D eigenvalue weighted by atomic mass is 127. The fourth-order valence-corrected chi connectivity index (χ4v) is 2.81. The van der Waals surface area contributed by atoms with E-state index in [9.17, 15) is 4.79 Å². The Morgan fingerprint density at radius 2 is 1.80 bits per heavy atom. The lowest BCUT2D eigenvalue weighted by Crippen LogP contribution is -2.33. The van der Waals surface area contributed by atoms with Crippen LogP contribution >= 0.6 is 57.4 Å². The second kappa shape index (κ2) is 6.12. The number of hydrogen-bond donors (Lipinski definition) is 0. The minimum atomic E-state index is -1.56. The molecule has 0 N–H and O–H groups in total. The molecular formula is C9H14Cl3IO2. The second-order valence-electron chi connectivity index (χ2n) is 4.41. The molecule has 0 amide bonds. The van der Waals surface area contributed by atoms with Crippen LogP contribution in [0.3, 0.4) is 0 Å². The quantitative estimate of drug-likeness (QED) is 0.413. The maximum Gasteiger partial charge on any atom is 0.306 e. The van der Waals surface area contributed by atoms with Gasteiger partial charge >= 0.3 is 5.97 Å². The predicted octanol–water partition coefficient (Wildman–Crippen LogP) is 4.14. The number of ether oxygens (including phenoxy) is 1. The van der Waals surface area contributed by atoms with E-state index >= 15 is 0 Å². The molecule has 0 aliphatic heterocycles. The van der Waals surface area contributed by atoms with Gasteiger partial charge in [0.15, 0.2) is 6.10 Å². The summed E-state index contributed by atoms with van der Waals surface area (Å²) in [5.74, 6) is -0.338. The van der Waals surface area contributed by atoms with Crippen molar-refractivity contribution in [3.05, 3.63) is 0 Å². The highest BCUT2D eigenvalue weighted by Gasteiger charge is 2.35. The Labute approximate surface area is 119 Å². The van der Waals surface area contributed by atoms with E-state index in [2.05, 4.69) is 0 Å². The van der Waals surface area contributed by atoms with E-state index in [0.717, 1.165) is 0 Å². The molecule has 0 aliphatic rings. The molecule has 0 aromatic rings. The summed E-state index contributed by atoms with van der Waals surface area (Å²) in [7, 11) is 0. The predicted molar refractivity (Wildman–Crippen MR) is 73.1 cm³/mol. The summed E-state index contributed by atoms with van der Waals surface area (Å²) in [5, 5.41) is 0. The van der Waals surface area contributed by atoms with E-state index in [4.69, 9.17) is 39.5 Å². The maximum atomic E-state index is 11.5. The molecule has 90 valence electrons. The summed E-state index contributed by atoms with van der Waals surface area (Å²) in [5.41, 5.74) is -0.124. The first kappa shape index (κ1) is 16.1. The molecule has 0 bridgehead atoms. The van der Waals surface area contributed by atoms with Gasteiger partial charge in [0, 0.05) is 4.43 Å². The zero-order valence-corrected chi connectivity index (χ0v) is 13.2. The molecular weight excluding hydrogens is 373 g/mol. The first-order valence-corrected chi connectivity index (χ1v) is 7.04. The smallest absolute Gasteiger partial charge is 0.306 e. The van der Waals surface area contributed by atoms with Gasteiger partial charge in [-0.1, -0.05) is 78.2 Å². The van der Waals surface area contributed by atoms with Crippen molar-refractivity contribution < 1.29 is 9.53 Å². The Morgan fingerprint density at radius 1 is 1.33 bits per heavy atom. The zero-order chi connectivity index (χ0) is 12.3. The summed E-state index contributed by atoms with van der Waals surface area (Å²) >= 11 is 19.0. The highest BCUT2D eigenvalue weighted by Crippen LogP contribution is 2.34. The van der Waals surface area contributed by atoms with Crippen LogP contribution in [0.5, 0.6) is 0 Å². The Balaban J connectivity index is 4.27. The fourth-order valence-electron chi connectivity index (χ4n) is 0.819. The molecule has 0 aromatic carbocycles. The molecule has 0 aromatic heterocycles. The zero-order valence-electron chi connectivity index (χ0n) is 8.82. The topological polar surface area (TPSA) is 26.3 Å². The Morgan fingerprint density at radius 3 is 2.07 bits per heavy atom. The van der Waals surface area contributed by atoms with Crippen LogP contribution in [0.1, 0.15) is 27.2 Å². The molecule has 0 spiro atoms. The second-order valence-corrected chi connectivity index (χ2v) is 7.66. The van der Waals surface area contributed by atoms with Crippen LogP contribution < -0.4 is 0 Å². The molecule has 1 unspecified atom stereocenters. The van der Waals surface area contributed by atoms with Crippen molar-refractivity contribution in [2.24, 2.45) is 5.41 Å². The standard InChI is InChI=1S/C9H14Cl3IO2/c1-8(2,3)4-7(14)15-6(5-13)9(10,11)12/h6H,4-5H2,1-3H3. The van der Waals surface area contributed by atoms with Crippen LogP contribution in [0.4, 0.5) is 0 Å². The molecule has 0 heterocycles. The Kier molecular flexibility index (Phi) is 6.56. The van der Waals surface area contributed by atoms with E-state index < -0.39 is 9.90 Å². The van der Waals surface area contributed by atoms with Crippen molar-refractivity contribution in [1.29, 1.82) is 0 Å². The first-order chi connectivity index (χ1) is 6.56. The number of alkyl halides is 4. The number of esters is 1. The van der Waals surface area contributed by atoms with Gasteiger partial charge in [-0.3, -0.25) is 4.79 Å². The van der Waals surface area contributed by atoms with Gasteiger partial charge in [-0.15, -0.1) is 0 Å². The monoisotopic (exact) mass is 386 g/mol. The summed E-state index contributed by atoms with van der Waals surface area (Å²) in [6.45, 7) is 5.84. The number of carbonyl (C=O) groups excluding carboxylic acids is 1. The van der Waals surface area contributed by atoms with Gasteiger partial charge in [0.2, 0.25) is 3.79 Å². The van der Waals surface area contributed by atoms with E-state index in [0.29, 0.717) is 10.8 Å². The van der Waals surface area contributed by atoms with Crippen LogP contribution in [0, 0.1) is 5.41 Å². The van der Waals surface area contributed by atoms with E-state index in [1.165, 1.54) is 0 Å². The van der Waals surface area contributed by atoms with Crippen molar-refractivity contribution in [1.82, 2.24) is 0 Å². The minimum absolute atomic E-state index is 0.124. The average molecular weight is 387 g/mol. The average Bonchev–Trinajstić information content (AvgIpc) is 1.94. The molecule has 6 heteroatoms. The van der Waals surface area contributed by atoms with Gasteiger partial charge in [0.1, 0.15) is 0 Å². The van der Waals surface area contributed by atoms with Gasteiger partial charge in [0.25, 0.3) is 0 Å². The minimum Gasteiger partial charge on any atom is -0.457 e. The van der Waals surface area contributed by atoms with Crippen LogP contribution in [0.2, 0.25) is 0 Å². The summed E-state index contributed by atoms with van der Waals surface area (Å²) in [6.07, 6.45) is -0.390. The van der Waals surface area contributed by atoms with Crippen molar-refractivity contribution in [2.75, 3.05) is 4.43 Å². The third-order valence-corrected chi connectivity index (χ3v) is 2.98. The van der Waals surface area contributed by atoms with Crippen LogP contribution in [-0.2, 0) is 9.53 Å². The molecule has 0 radical (unpaired) electrons. The third kappa shape index (κ3) is 7.88. The Hall–Kier alpha value is 1.07. The van der Waals surface area contributed by atoms with E-state index in [1.807, 2.05) is 43.4 Å². The van der Waals surface area contributed by atoms with Gasteiger partial charge in [0.05, 0.1) is 6.42 Å². The lowest BCUT2D eigenvalue weighted by Gasteiger charge is -2.24. The van der Waals surface area contributed by atoms with Crippen molar-refractivity contribution in [3.8, 4) is 0 Å². The van der Waals surface area contributed by atoms with E-state index in [1.54, 1.807) is 0 Å². The molecule has 15 heavy (non-hydrogen) atoms. The lowest BCUT2D eigenvalue weighted by atomic mass is 9.92. The molecule has 0 aliphatic carbocycles. The normalized spacial score (nSPS) is 14.9. The van der Waals surface area contributed by atoms with Crippen LogP contribution in [0.25, 0.3) is 0 Å². The number of hydrogen-bond acceptors (Lipinski definition) is 2. The molecule has 0 rings (SSSR count). The molecule has 2 nitrogen and oxygen atoms in total. The van der Waals surface area contributed by atoms with Crippen LogP contribution in [0.15, 0.2) is 0 Å². The van der Waals surface area contributed by atoms with Gasteiger partial charge < -0.3 is 4.74 Å². The summed E-state index contributed by atoms with van der Waals surface area (Å²) in [4.78, 5) is 11.5. The van der Waals surface area contributed by atoms with E-state index in [-0.39, 0.29) is 11.4 Å². The van der Waals surface area contributed by atoms with Crippen molar-refractivity contribution in [3.63, 3.8) is 0 Å². The third-order valence-electron chi connectivity index (χ3n) is 1.45. The maximum absolute atomic E-state index is 11.5. The molecule has 0 saturated heterocycles. The summed E-state index contributed by atoms with van der Waals surface area (Å²) in [6, 6.07) is 0. The fraction of sp³-hybridized carbons (Fsp3) is 0.889. The highest BCUT2D eigenvalue weighted by molar-refractivity contribution is 14.1. The van der Waals surface area contributed by atoms with Gasteiger partial charge in [-0.2, -0.15) is 0 Å². The van der Waals surface area contributed by atoms with Crippen molar-refractivity contribution >= 4 is 63.4 Å².